The summed E-state index contributed by atoms with van der Waals surface area (Å²) in [6.45, 7) is 11.3. The van der Waals surface area contributed by atoms with E-state index in [9.17, 15) is 0 Å². The van der Waals surface area contributed by atoms with Gasteiger partial charge in [-0.15, -0.1) is 0 Å². The van der Waals surface area contributed by atoms with Crippen LogP contribution in [-0.4, -0.2) is 0 Å². The maximum Gasteiger partial charge on any atom is 0.0727 e. The van der Waals surface area contributed by atoms with Crippen LogP contribution in [0.15, 0.2) is 158 Å². The highest BCUT2D eigenvalue weighted by atomic mass is 15.1. The lowest BCUT2D eigenvalue weighted by Crippen LogP contribution is -2.27. The molecule has 8 aromatic carbocycles. The SMILES string of the molecule is CCC1CC2CCCC(C2)c2cc3c(cc21)-c1cc2c(cc1C31c3cc(N(c4ccc(C)cc4)c4ccc(C)cc4)ccc3-c3ccc(N(c4ccc(C)cc4)c4ccc(C)cc4)cc31)C1CC3CC(CC2C3)C1. The second-order valence-corrected chi connectivity index (χ2v) is 24.7. The Morgan fingerprint density at radius 2 is 0.730 bits per heavy atom. The van der Waals surface area contributed by atoms with Gasteiger partial charge in [-0.1, -0.05) is 127 Å². The van der Waals surface area contributed by atoms with E-state index in [4.69, 9.17) is 0 Å². The van der Waals surface area contributed by atoms with Crippen LogP contribution in [0.2, 0.25) is 0 Å². The van der Waals surface area contributed by atoms with Crippen molar-refractivity contribution in [3.63, 3.8) is 0 Å². The Balaban J connectivity index is 1.05. The van der Waals surface area contributed by atoms with E-state index in [2.05, 4.69) is 202 Å². The summed E-state index contributed by atoms with van der Waals surface area (Å²) in [6, 6.07) is 63.3. The smallest absolute Gasteiger partial charge is 0.0727 e. The van der Waals surface area contributed by atoms with Crippen LogP contribution in [0, 0.1) is 45.4 Å². The van der Waals surface area contributed by atoms with Crippen molar-refractivity contribution in [3.05, 3.63) is 224 Å². The van der Waals surface area contributed by atoms with Crippen molar-refractivity contribution in [1.82, 2.24) is 0 Å². The minimum atomic E-state index is -0.532. The molecule has 2 nitrogen and oxygen atoms in total. The number of aryl methyl sites for hydroxylation is 4. The van der Waals surface area contributed by atoms with Crippen molar-refractivity contribution < 1.29 is 0 Å². The van der Waals surface area contributed by atoms with Crippen LogP contribution >= 0.6 is 0 Å². The van der Waals surface area contributed by atoms with E-state index in [1.807, 2.05) is 0 Å². The molecule has 8 aliphatic carbocycles. The minimum absolute atomic E-state index is 0.532. The van der Waals surface area contributed by atoms with Gasteiger partial charge in [0.05, 0.1) is 5.41 Å². The molecule has 0 saturated heterocycles. The molecule has 0 aliphatic heterocycles. The molecule has 8 aromatic rings. The Kier molecular flexibility index (Phi) is 10.3. The third kappa shape index (κ3) is 6.81. The van der Waals surface area contributed by atoms with E-state index >= 15 is 0 Å². The number of benzene rings is 8. The molecule has 0 amide bonds. The highest BCUT2D eigenvalue weighted by Gasteiger charge is 2.55. The van der Waals surface area contributed by atoms with Gasteiger partial charge in [0.1, 0.15) is 0 Å². The summed E-state index contributed by atoms with van der Waals surface area (Å²) in [6.07, 6.45) is 14.9. The number of anilines is 6. The molecule has 0 aromatic heterocycles. The Bertz CT molecular complexity index is 3270. The van der Waals surface area contributed by atoms with Gasteiger partial charge < -0.3 is 9.80 Å². The lowest BCUT2D eigenvalue weighted by Gasteiger charge is -2.38. The predicted molar refractivity (Wildman–Crippen MR) is 309 cm³/mol. The topological polar surface area (TPSA) is 6.48 Å². The van der Waals surface area contributed by atoms with E-state index < -0.39 is 5.41 Å². The summed E-state index contributed by atoms with van der Waals surface area (Å²) < 4.78 is 0. The maximum absolute atomic E-state index is 2.87. The Morgan fingerprint density at radius 1 is 0.351 bits per heavy atom. The van der Waals surface area contributed by atoms with Crippen LogP contribution in [0.1, 0.15) is 168 Å². The first-order valence-corrected chi connectivity index (χ1v) is 28.7. The summed E-state index contributed by atoms with van der Waals surface area (Å²) in [5, 5.41) is 0. The second kappa shape index (κ2) is 16.9. The Hall–Kier alpha value is -6.64. The lowest BCUT2D eigenvalue weighted by atomic mass is 9.67. The zero-order valence-electron chi connectivity index (χ0n) is 44.2. The standard InChI is InChI=1S/C72H70N2/c1-6-50-31-47-8-7-9-51(32-47)64-41-70-66(39-62(50)64)67-40-63-52-33-48-30-49(34-52)36-53(35-48)65(63)42-71(67)72(70)68-37-58(73(54-18-10-43(2)11-19-54)55-20-12-44(3)13-21-55)26-28-60(68)61-29-27-59(38-69(61)72)74(56-22-14-45(4)15-23-56)57-24-16-46(5)17-25-57/h10-29,37-42,47-53H,6-9,30-36H2,1-5H3. The molecule has 0 radical (unpaired) electrons. The van der Waals surface area contributed by atoms with Crippen LogP contribution in [0.25, 0.3) is 22.3 Å². The van der Waals surface area contributed by atoms with Gasteiger partial charge in [0.2, 0.25) is 0 Å². The van der Waals surface area contributed by atoms with Crippen molar-refractivity contribution >= 4 is 34.1 Å². The van der Waals surface area contributed by atoms with Gasteiger partial charge >= 0.3 is 0 Å². The second-order valence-electron chi connectivity index (χ2n) is 24.7. The summed E-state index contributed by atoms with van der Waals surface area (Å²) in [4.78, 5) is 5.04. The van der Waals surface area contributed by atoms with Gasteiger partial charge in [-0.05, 0) is 266 Å². The molecular formula is C72H70N2. The summed E-state index contributed by atoms with van der Waals surface area (Å²) in [5.74, 6) is 5.09. The third-order valence-electron chi connectivity index (χ3n) is 20.1. The molecule has 0 N–H and O–H groups in total. The molecule has 5 atom stereocenters. The fourth-order valence-electron chi connectivity index (χ4n) is 16.8. The fourth-order valence-corrected chi connectivity index (χ4v) is 16.8. The van der Waals surface area contributed by atoms with E-state index in [1.165, 1.54) is 172 Å². The van der Waals surface area contributed by atoms with Crippen LogP contribution in [0.5, 0.6) is 0 Å². The number of hydrogen-bond acceptors (Lipinski definition) is 2. The van der Waals surface area contributed by atoms with Gasteiger partial charge in [0.15, 0.2) is 0 Å². The molecule has 74 heavy (non-hydrogen) atoms. The van der Waals surface area contributed by atoms with Gasteiger partial charge in [0, 0.05) is 34.1 Å². The normalized spacial score (nSPS) is 23.8. The highest BCUT2D eigenvalue weighted by Crippen LogP contribution is 2.67. The summed E-state index contributed by atoms with van der Waals surface area (Å²) in [7, 11) is 0. The van der Waals surface area contributed by atoms with E-state index in [-0.39, 0.29) is 0 Å². The monoisotopic (exact) mass is 963 g/mol. The maximum atomic E-state index is 2.87. The molecule has 16 rings (SSSR count). The number of fused-ring (bicyclic) bond motifs is 14. The molecular weight excluding hydrogens is 893 g/mol. The highest BCUT2D eigenvalue weighted by molar-refractivity contribution is 5.98. The number of rotatable bonds is 7. The molecule has 1 spiro atoms. The average molecular weight is 963 g/mol. The molecule has 5 unspecified atom stereocenters. The molecule has 8 aliphatic rings. The van der Waals surface area contributed by atoms with E-state index in [0.29, 0.717) is 23.7 Å². The van der Waals surface area contributed by atoms with Gasteiger partial charge in [-0.3, -0.25) is 0 Å². The summed E-state index contributed by atoms with van der Waals surface area (Å²) in [5.41, 5.74) is 30.2. The zero-order chi connectivity index (χ0) is 49.6. The summed E-state index contributed by atoms with van der Waals surface area (Å²) >= 11 is 0. The van der Waals surface area contributed by atoms with Crippen LogP contribution in [-0.2, 0) is 5.41 Å². The largest absolute Gasteiger partial charge is 0.310 e. The number of nitrogens with zero attached hydrogens (tertiary/aromatic N) is 2. The van der Waals surface area contributed by atoms with Crippen molar-refractivity contribution in [2.45, 2.75) is 134 Å². The molecule has 368 valence electrons. The van der Waals surface area contributed by atoms with Crippen LogP contribution < -0.4 is 9.80 Å². The average Bonchev–Trinajstić information content (AvgIpc) is 3.98. The van der Waals surface area contributed by atoms with Crippen molar-refractivity contribution in [1.29, 1.82) is 0 Å². The molecule has 6 bridgehead atoms. The lowest BCUT2D eigenvalue weighted by molar-refractivity contribution is 0.166. The van der Waals surface area contributed by atoms with Gasteiger partial charge in [-0.2, -0.15) is 0 Å². The first-order chi connectivity index (χ1) is 36.2. The Morgan fingerprint density at radius 3 is 1.18 bits per heavy atom. The predicted octanol–water partition coefficient (Wildman–Crippen LogP) is 19.8. The third-order valence-corrected chi connectivity index (χ3v) is 20.1. The van der Waals surface area contributed by atoms with Gasteiger partial charge in [0.25, 0.3) is 0 Å². The molecule has 2 heteroatoms. The molecule has 0 heterocycles. The van der Waals surface area contributed by atoms with Crippen molar-refractivity contribution in [2.24, 2.45) is 17.8 Å². The zero-order valence-corrected chi connectivity index (χ0v) is 44.2. The quantitative estimate of drug-likeness (QED) is 0.157. The van der Waals surface area contributed by atoms with Crippen LogP contribution in [0.4, 0.5) is 34.1 Å². The fraction of sp³-hybridized carbons (Fsp3) is 0.333. The van der Waals surface area contributed by atoms with E-state index in [0.717, 1.165) is 17.8 Å². The van der Waals surface area contributed by atoms with Gasteiger partial charge in [-0.25, -0.2) is 0 Å². The van der Waals surface area contributed by atoms with Crippen molar-refractivity contribution in [2.75, 3.05) is 9.80 Å². The first kappa shape index (κ1) is 44.8. The van der Waals surface area contributed by atoms with Crippen LogP contribution in [0.3, 0.4) is 0 Å². The minimum Gasteiger partial charge on any atom is -0.310 e. The Labute approximate surface area is 440 Å². The first-order valence-electron chi connectivity index (χ1n) is 28.7. The van der Waals surface area contributed by atoms with E-state index in [1.54, 1.807) is 22.3 Å². The molecule has 3 saturated carbocycles. The molecule has 3 fully saturated rings. The number of hydrogen-bond donors (Lipinski definition) is 0. The van der Waals surface area contributed by atoms with Crippen molar-refractivity contribution in [3.8, 4) is 22.3 Å².